The first-order chi connectivity index (χ1) is 11.0. The predicted molar refractivity (Wildman–Crippen MR) is 93.5 cm³/mol. The van der Waals surface area contributed by atoms with Gasteiger partial charge in [0.15, 0.2) is 5.82 Å². The van der Waals surface area contributed by atoms with Crippen LogP contribution in [-0.4, -0.2) is 36.0 Å². The number of nitrogen functional groups attached to an aromatic ring is 1. The molecule has 0 bridgehead atoms. The summed E-state index contributed by atoms with van der Waals surface area (Å²) >= 11 is 0. The molecule has 0 aliphatic carbocycles. The molecular formula is C16H24N6O. The molecule has 6 N–H and O–H groups in total. The van der Waals surface area contributed by atoms with E-state index in [2.05, 4.69) is 27.1 Å². The Hall–Kier alpha value is -2.54. The van der Waals surface area contributed by atoms with Gasteiger partial charge in [0, 0.05) is 31.7 Å². The Morgan fingerprint density at radius 2 is 2.26 bits per heavy atom. The highest BCUT2D eigenvalue weighted by molar-refractivity contribution is 6.03. The summed E-state index contributed by atoms with van der Waals surface area (Å²) in [5.41, 5.74) is 13.7. The molecule has 2 rings (SSSR count). The minimum Gasteiger partial charge on any atom is -0.399 e. The number of carbonyl (C=O) groups is 1. The molecule has 0 spiro atoms. The molecule has 1 unspecified atom stereocenters. The molecule has 1 heterocycles. The van der Waals surface area contributed by atoms with Gasteiger partial charge in [-0.15, -0.1) is 0 Å². The maximum Gasteiger partial charge on any atom is 0.291 e. The van der Waals surface area contributed by atoms with Gasteiger partial charge in [-0.1, -0.05) is 6.92 Å². The van der Waals surface area contributed by atoms with Crippen LogP contribution >= 0.6 is 0 Å². The van der Waals surface area contributed by atoms with Gasteiger partial charge in [0.25, 0.3) is 5.91 Å². The number of nitrogens with two attached hydrogens (primary N) is 2. The minimum atomic E-state index is -0.300. The largest absolute Gasteiger partial charge is 0.399 e. The molecule has 0 radical (unpaired) electrons. The molecule has 0 saturated carbocycles. The Morgan fingerprint density at radius 3 is 2.91 bits per heavy atom. The van der Waals surface area contributed by atoms with Crippen LogP contribution in [0.1, 0.15) is 24.0 Å². The van der Waals surface area contributed by atoms with Crippen LogP contribution in [0, 0.1) is 5.92 Å². The first kappa shape index (κ1) is 16.8. The van der Waals surface area contributed by atoms with E-state index in [9.17, 15) is 4.79 Å². The number of aromatic amines is 1. The van der Waals surface area contributed by atoms with E-state index >= 15 is 0 Å². The number of nitrogens with zero attached hydrogens (tertiary/aromatic N) is 2. The van der Waals surface area contributed by atoms with Gasteiger partial charge < -0.3 is 26.7 Å². The van der Waals surface area contributed by atoms with Crippen LogP contribution in [0.5, 0.6) is 0 Å². The van der Waals surface area contributed by atoms with E-state index in [-0.39, 0.29) is 11.7 Å². The van der Waals surface area contributed by atoms with E-state index in [1.807, 2.05) is 19.2 Å². The Bertz CT molecular complexity index is 640. The summed E-state index contributed by atoms with van der Waals surface area (Å²) in [5, 5.41) is 2.86. The summed E-state index contributed by atoms with van der Waals surface area (Å²) in [5.74, 6) is 0.413. The normalized spacial score (nSPS) is 12.0. The van der Waals surface area contributed by atoms with Crippen LogP contribution in [0.25, 0.3) is 0 Å². The maximum atomic E-state index is 12.2. The number of hydrogen-bond donors (Lipinski definition) is 4. The zero-order chi connectivity index (χ0) is 16.8. The standard InChI is InChI=1S/C16H24N6O/c1-11(10-17)5-8-22(2)14-4-3-12(18)9-13(14)21-16(23)15-19-6-7-20-15/h3-4,6-7,9,11H,5,8,10,17-18H2,1-2H3,(H,19,20)(H,21,23). The lowest BCUT2D eigenvalue weighted by molar-refractivity contribution is 0.101. The van der Waals surface area contributed by atoms with Crippen molar-refractivity contribution in [3.05, 3.63) is 36.4 Å². The van der Waals surface area contributed by atoms with Crippen LogP contribution in [0.2, 0.25) is 0 Å². The molecule has 7 nitrogen and oxygen atoms in total. The summed E-state index contributed by atoms with van der Waals surface area (Å²) in [6.45, 7) is 3.62. The Morgan fingerprint density at radius 1 is 1.48 bits per heavy atom. The fraction of sp³-hybridized carbons (Fsp3) is 0.375. The Labute approximate surface area is 136 Å². The zero-order valence-electron chi connectivity index (χ0n) is 13.5. The van der Waals surface area contributed by atoms with Crippen LogP contribution in [0.15, 0.2) is 30.6 Å². The summed E-state index contributed by atoms with van der Waals surface area (Å²) in [4.78, 5) is 21.0. The van der Waals surface area contributed by atoms with Crippen LogP contribution in [0.3, 0.4) is 0 Å². The number of benzene rings is 1. The minimum absolute atomic E-state index is 0.262. The van der Waals surface area contributed by atoms with Crippen molar-refractivity contribution in [2.24, 2.45) is 11.7 Å². The molecule has 23 heavy (non-hydrogen) atoms. The van der Waals surface area contributed by atoms with E-state index in [0.29, 0.717) is 23.8 Å². The molecule has 1 atom stereocenters. The quantitative estimate of drug-likeness (QED) is 0.580. The second kappa shape index (κ2) is 7.64. The lowest BCUT2D eigenvalue weighted by Gasteiger charge is -2.24. The van der Waals surface area contributed by atoms with Crippen molar-refractivity contribution >= 4 is 23.0 Å². The number of anilines is 3. The van der Waals surface area contributed by atoms with Gasteiger partial charge >= 0.3 is 0 Å². The van der Waals surface area contributed by atoms with Crippen molar-refractivity contribution in [2.45, 2.75) is 13.3 Å². The SMILES string of the molecule is CC(CN)CCN(C)c1ccc(N)cc1NC(=O)c1ncc[nH]1. The van der Waals surface area contributed by atoms with Crippen molar-refractivity contribution in [2.75, 3.05) is 36.1 Å². The topological polar surface area (TPSA) is 113 Å². The smallest absolute Gasteiger partial charge is 0.291 e. The number of nitrogens with one attached hydrogen (secondary N) is 2. The van der Waals surface area contributed by atoms with Crippen molar-refractivity contribution in [1.82, 2.24) is 9.97 Å². The van der Waals surface area contributed by atoms with Gasteiger partial charge in [-0.3, -0.25) is 4.79 Å². The van der Waals surface area contributed by atoms with Crippen molar-refractivity contribution in [3.63, 3.8) is 0 Å². The third-order valence-electron chi connectivity index (χ3n) is 3.75. The number of amides is 1. The Balaban J connectivity index is 2.15. The average molecular weight is 316 g/mol. The molecule has 7 heteroatoms. The van der Waals surface area contributed by atoms with E-state index in [4.69, 9.17) is 11.5 Å². The highest BCUT2D eigenvalue weighted by atomic mass is 16.2. The fourth-order valence-electron chi connectivity index (χ4n) is 2.21. The second-order valence-electron chi connectivity index (χ2n) is 5.72. The highest BCUT2D eigenvalue weighted by Gasteiger charge is 2.14. The molecule has 0 aliphatic rings. The lowest BCUT2D eigenvalue weighted by Crippen LogP contribution is -2.24. The van der Waals surface area contributed by atoms with Crippen molar-refractivity contribution in [3.8, 4) is 0 Å². The molecular weight excluding hydrogens is 292 g/mol. The average Bonchev–Trinajstić information content (AvgIpc) is 3.07. The Kier molecular flexibility index (Phi) is 5.59. The van der Waals surface area contributed by atoms with Crippen LogP contribution in [-0.2, 0) is 0 Å². The van der Waals surface area contributed by atoms with E-state index < -0.39 is 0 Å². The summed E-state index contributed by atoms with van der Waals surface area (Å²) in [6.07, 6.45) is 4.12. The molecule has 1 aromatic carbocycles. The lowest BCUT2D eigenvalue weighted by atomic mass is 10.1. The summed E-state index contributed by atoms with van der Waals surface area (Å²) in [7, 11) is 1.98. The van der Waals surface area contributed by atoms with Crippen LogP contribution < -0.4 is 21.7 Å². The molecule has 124 valence electrons. The summed E-state index contributed by atoms with van der Waals surface area (Å²) in [6, 6.07) is 5.47. The predicted octanol–water partition coefficient (Wildman–Crippen LogP) is 1.67. The molecule has 2 aromatic rings. The van der Waals surface area contributed by atoms with Gasteiger partial charge in [-0.05, 0) is 37.1 Å². The number of hydrogen-bond acceptors (Lipinski definition) is 5. The van der Waals surface area contributed by atoms with Crippen molar-refractivity contribution < 1.29 is 4.79 Å². The maximum absolute atomic E-state index is 12.2. The molecule has 0 fully saturated rings. The van der Waals surface area contributed by atoms with E-state index in [1.165, 1.54) is 6.20 Å². The van der Waals surface area contributed by atoms with E-state index in [1.54, 1.807) is 12.3 Å². The van der Waals surface area contributed by atoms with Crippen LogP contribution in [0.4, 0.5) is 17.1 Å². The molecule has 1 amide bonds. The third kappa shape index (κ3) is 4.46. The fourth-order valence-corrected chi connectivity index (χ4v) is 2.21. The molecule has 0 saturated heterocycles. The number of imidazole rings is 1. The number of carbonyl (C=O) groups excluding carboxylic acids is 1. The monoisotopic (exact) mass is 316 g/mol. The van der Waals surface area contributed by atoms with Gasteiger partial charge in [-0.25, -0.2) is 4.98 Å². The first-order valence-corrected chi connectivity index (χ1v) is 7.62. The second-order valence-corrected chi connectivity index (χ2v) is 5.72. The first-order valence-electron chi connectivity index (χ1n) is 7.62. The van der Waals surface area contributed by atoms with Gasteiger partial charge in [0.05, 0.1) is 11.4 Å². The number of aromatic nitrogens is 2. The number of rotatable bonds is 7. The van der Waals surface area contributed by atoms with Crippen molar-refractivity contribution in [1.29, 1.82) is 0 Å². The van der Waals surface area contributed by atoms with Gasteiger partial charge in [0.2, 0.25) is 0 Å². The summed E-state index contributed by atoms with van der Waals surface area (Å²) < 4.78 is 0. The third-order valence-corrected chi connectivity index (χ3v) is 3.75. The number of H-pyrrole nitrogens is 1. The van der Waals surface area contributed by atoms with Gasteiger partial charge in [-0.2, -0.15) is 0 Å². The molecule has 1 aromatic heterocycles. The van der Waals surface area contributed by atoms with Gasteiger partial charge in [0.1, 0.15) is 0 Å². The highest BCUT2D eigenvalue weighted by Crippen LogP contribution is 2.28. The molecule has 0 aliphatic heterocycles. The van der Waals surface area contributed by atoms with E-state index in [0.717, 1.165) is 18.7 Å². The zero-order valence-corrected chi connectivity index (χ0v) is 13.5.